The van der Waals surface area contributed by atoms with Gasteiger partial charge in [-0.05, 0) is 107 Å². The fraction of sp³-hybridized carbons (Fsp3) is 0.348. The molecule has 2 heterocycles. The number of carbonyl (C=O) groups excluding carboxylic acids is 4. The van der Waals surface area contributed by atoms with Gasteiger partial charge in [-0.15, -0.1) is 0 Å². The average Bonchev–Trinajstić information content (AvgIpc) is 3.17. The Bertz CT molecular complexity index is 2400. The Labute approximate surface area is 320 Å². The highest BCUT2D eigenvalue weighted by atomic mass is 16.5. The second kappa shape index (κ2) is 14.4. The van der Waals surface area contributed by atoms with Crippen molar-refractivity contribution < 1.29 is 33.4 Å². The van der Waals surface area contributed by atoms with Crippen molar-refractivity contribution >= 4 is 66.7 Å². The number of nitrogens with zero attached hydrogens (tertiary/aromatic N) is 2. The topological polar surface area (TPSA) is 102 Å². The smallest absolute Gasteiger partial charge is 0.261 e. The second-order valence-corrected chi connectivity index (χ2v) is 15.6. The Morgan fingerprint density at radius 3 is 1.47 bits per heavy atom. The van der Waals surface area contributed by atoms with Crippen molar-refractivity contribution in [3.05, 3.63) is 101 Å². The van der Waals surface area contributed by atoms with Crippen LogP contribution in [0.2, 0.25) is 0 Å². The number of hydrogen-bond acceptors (Lipinski definition) is 7. The SMILES string of the molecule is CCCc1cccc(OCC(C)OCC(C)N2C(=O)c3ccc4c5ccc6c7c(ccc(c8ccc(c3c48)C2=O)c75)C(=O)N(C(C)COCC(C)C)C6=O)c1. The minimum absolute atomic E-state index is 0.158. The van der Waals surface area contributed by atoms with Gasteiger partial charge in [0.1, 0.15) is 12.4 Å². The van der Waals surface area contributed by atoms with Crippen LogP contribution in [0.5, 0.6) is 5.75 Å². The summed E-state index contributed by atoms with van der Waals surface area (Å²) in [6, 6.07) is 22.0. The quantitative estimate of drug-likeness (QED) is 0.0625. The van der Waals surface area contributed by atoms with Crippen LogP contribution in [-0.2, 0) is 15.9 Å². The summed E-state index contributed by atoms with van der Waals surface area (Å²) in [6.45, 7) is 13.1. The molecule has 0 saturated heterocycles. The first-order valence-electron chi connectivity index (χ1n) is 19.4. The molecule has 0 fully saturated rings. The zero-order valence-corrected chi connectivity index (χ0v) is 32.2. The molecule has 6 aromatic rings. The molecule has 282 valence electrons. The molecule has 6 aromatic carbocycles. The van der Waals surface area contributed by atoms with Crippen LogP contribution in [0, 0.1) is 5.92 Å². The van der Waals surface area contributed by atoms with E-state index in [1.54, 1.807) is 24.3 Å². The van der Waals surface area contributed by atoms with Crippen molar-refractivity contribution in [2.24, 2.45) is 5.92 Å². The summed E-state index contributed by atoms with van der Waals surface area (Å²) < 4.78 is 17.9. The van der Waals surface area contributed by atoms with Crippen molar-refractivity contribution in [2.45, 2.75) is 72.6 Å². The third-order valence-electron chi connectivity index (χ3n) is 10.9. The number of benzene rings is 6. The molecule has 0 bridgehead atoms. The van der Waals surface area contributed by atoms with E-state index in [1.807, 2.05) is 63.2 Å². The predicted molar refractivity (Wildman–Crippen MR) is 215 cm³/mol. The number of carbonyl (C=O) groups is 4. The molecule has 2 aliphatic rings. The summed E-state index contributed by atoms with van der Waals surface area (Å²) in [7, 11) is 0. The lowest BCUT2D eigenvalue weighted by atomic mass is 9.82. The molecule has 3 unspecified atom stereocenters. The molecule has 2 aliphatic heterocycles. The maximum absolute atomic E-state index is 14.2. The molecular formula is C46H46N2O7. The predicted octanol–water partition coefficient (Wildman–Crippen LogP) is 8.82. The minimum atomic E-state index is -0.526. The zero-order chi connectivity index (χ0) is 38.7. The number of rotatable bonds is 14. The van der Waals surface area contributed by atoms with E-state index in [2.05, 4.69) is 26.8 Å². The Hall–Kier alpha value is -5.38. The highest BCUT2D eigenvalue weighted by molar-refractivity contribution is 6.41. The molecule has 0 spiro atoms. The lowest BCUT2D eigenvalue weighted by molar-refractivity contribution is 0.00253. The molecule has 4 amide bonds. The summed E-state index contributed by atoms with van der Waals surface area (Å²) in [4.78, 5) is 58.9. The van der Waals surface area contributed by atoms with Gasteiger partial charge in [0.05, 0.1) is 31.4 Å². The summed E-state index contributed by atoms with van der Waals surface area (Å²) in [5, 5.41) is 6.30. The maximum Gasteiger partial charge on any atom is 0.261 e. The van der Waals surface area contributed by atoms with E-state index in [1.165, 1.54) is 15.4 Å². The average molecular weight is 739 g/mol. The van der Waals surface area contributed by atoms with Gasteiger partial charge in [0.2, 0.25) is 0 Å². The van der Waals surface area contributed by atoms with Gasteiger partial charge in [-0.2, -0.15) is 0 Å². The second-order valence-electron chi connectivity index (χ2n) is 15.6. The molecule has 9 heteroatoms. The third kappa shape index (κ3) is 6.10. The van der Waals surface area contributed by atoms with Crippen molar-refractivity contribution in [2.75, 3.05) is 26.4 Å². The number of ether oxygens (including phenoxy) is 3. The standard InChI is InChI=1S/C46H46N2O7/c1-7-9-29-10-8-11-30(20-29)55-24-28(6)54-23-27(5)48-45(51)37-18-14-33-31-12-16-35-41-36(44(50)47(43(35)49)26(4)22-53-21-25(2)3)17-13-32(39(31)41)34-15-19-38(46(48)52)42(37)40(33)34/h8,10-20,25-28H,7,9,21-24H2,1-6H3. The normalized spacial score (nSPS) is 16.1. The molecule has 8 rings (SSSR count). The number of aryl methyl sites for hydroxylation is 1. The van der Waals surface area contributed by atoms with Crippen molar-refractivity contribution in [1.82, 2.24) is 9.80 Å². The molecule has 0 aromatic heterocycles. The summed E-state index contributed by atoms with van der Waals surface area (Å²) in [6.07, 6.45) is 1.78. The van der Waals surface area contributed by atoms with Gasteiger partial charge in [0.15, 0.2) is 0 Å². The molecule has 0 saturated carbocycles. The Balaban J connectivity index is 1.09. The number of hydrogen-bond donors (Lipinski definition) is 0. The Kier molecular flexibility index (Phi) is 9.55. The molecule has 0 N–H and O–H groups in total. The van der Waals surface area contributed by atoms with Crippen LogP contribution in [0.3, 0.4) is 0 Å². The molecular weight excluding hydrogens is 693 g/mol. The zero-order valence-electron chi connectivity index (χ0n) is 32.2. The monoisotopic (exact) mass is 738 g/mol. The van der Waals surface area contributed by atoms with Gasteiger partial charge in [-0.3, -0.25) is 29.0 Å². The van der Waals surface area contributed by atoms with Crippen molar-refractivity contribution in [3.8, 4) is 5.75 Å². The molecule has 55 heavy (non-hydrogen) atoms. The van der Waals surface area contributed by atoms with Crippen LogP contribution < -0.4 is 4.74 Å². The fourth-order valence-corrected chi connectivity index (χ4v) is 8.37. The van der Waals surface area contributed by atoms with Crippen LogP contribution in [0.25, 0.3) is 43.1 Å². The highest BCUT2D eigenvalue weighted by Crippen LogP contribution is 2.46. The van der Waals surface area contributed by atoms with Gasteiger partial charge in [0, 0.05) is 39.6 Å². The van der Waals surface area contributed by atoms with Crippen molar-refractivity contribution in [3.63, 3.8) is 0 Å². The van der Waals surface area contributed by atoms with Gasteiger partial charge in [-0.1, -0.05) is 63.6 Å². The number of imide groups is 2. The van der Waals surface area contributed by atoms with E-state index >= 15 is 0 Å². The summed E-state index contributed by atoms with van der Waals surface area (Å²) in [5.74, 6) is -0.293. The van der Waals surface area contributed by atoms with Crippen LogP contribution in [-0.4, -0.2) is 78.0 Å². The van der Waals surface area contributed by atoms with Crippen LogP contribution >= 0.6 is 0 Å². The van der Waals surface area contributed by atoms with E-state index in [-0.39, 0.29) is 42.9 Å². The maximum atomic E-state index is 14.2. The summed E-state index contributed by atoms with van der Waals surface area (Å²) >= 11 is 0. The van der Waals surface area contributed by atoms with Gasteiger partial charge < -0.3 is 14.2 Å². The molecule has 9 nitrogen and oxygen atoms in total. The van der Waals surface area contributed by atoms with E-state index in [0.29, 0.717) is 52.2 Å². The Morgan fingerprint density at radius 1 is 0.545 bits per heavy atom. The Morgan fingerprint density at radius 2 is 1.02 bits per heavy atom. The van der Waals surface area contributed by atoms with Gasteiger partial charge in [0.25, 0.3) is 23.6 Å². The highest BCUT2D eigenvalue weighted by Gasteiger charge is 2.39. The lowest BCUT2D eigenvalue weighted by Crippen LogP contribution is -2.48. The lowest BCUT2D eigenvalue weighted by Gasteiger charge is -2.34. The van der Waals surface area contributed by atoms with E-state index in [9.17, 15) is 19.2 Å². The first-order valence-corrected chi connectivity index (χ1v) is 19.4. The summed E-state index contributed by atoms with van der Waals surface area (Å²) in [5.41, 5.74) is 3.07. The molecule has 3 atom stereocenters. The first-order chi connectivity index (χ1) is 26.5. The van der Waals surface area contributed by atoms with E-state index in [4.69, 9.17) is 14.2 Å². The number of amides is 4. The van der Waals surface area contributed by atoms with Gasteiger partial charge in [-0.25, -0.2) is 0 Å². The van der Waals surface area contributed by atoms with E-state index < -0.39 is 12.1 Å². The molecule has 0 aliphatic carbocycles. The van der Waals surface area contributed by atoms with Crippen LogP contribution in [0.4, 0.5) is 0 Å². The van der Waals surface area contributed by atoms with Crippen LogP contribution in [0.1, 0.15) is 95.0 Å². The molecule has 0 radical (unpaired) electrons. The fourth-order valence-electron chi connectivity index (χ4n) is 8.37. The van der Waals surface area contributed by atoms with E-state index in [0.717, 1.165) is 50.9 Å². The number of fused-ring (bicyclic) bond motifs is 2. The largest absolute Gasteiger partial charge is 0.491 e. The first kappa shape index (κ1) is 36.6. The van der Waals surface area contributed by atoms with Crippen LogP contribution in [0.15, 0.2) is 72.8 Å². The minimum Gasteiger partial charge on any atom is -0.491 e. The van der Waals surface area contributed by atoms with Crippen molar-refractivity contribution in [1.29, 1.82) is 0 Å². The van der Waals surface area contributed by atoms with Gasteiger partial charge >= 0.3 is 0 Å². The third-order valence-corrected chi connectivity index (χ3v) is 10.9.